The number of likely N-dealkylation sites (tertiary alicyclic amines) is 1. The molecule has 0 atom stereocenters. The molecule has 1 heterocycles. The van der Waals surface area contributed by atoms with Gasteiger partial charge in [0, 0.05) is 19.6 Å². The van der Waals surface area contributed by atoms with Crippen LogP contribution < -0.4 is 10.1 Å². The first kappa shape index (κ1) is 17.6. The van der Waals surface area contributed by atoms with E-state index in [1.165, 1.54) is 5.56 Å². The molecule has 1 saturated heterocycles. The highest BCUT2D eigenvalue weighted by atomic mass is 16.5. The molecule has 1 aromatic carbocycles. The van der Waals surface area contributed by atoms with E-state index in [9.17, 15) is 5.11 Å². The molecule has 0 aromatic heterocycles. The van der Waals surface area contributed by atoms with Crippen molar-refractivity contribution in [2.75, 3.05) is 26.2 Å². The van der Waals surface area contributed by atoms with Crippen molar-refractivity contribution >= 4 is 5.96 Å². The second-order valence-corrected chi connectivity index (χ2v) is 5.92. The number of nitrogens with one attached hydrogen (secondary N) is 1. The predicted molar refractivity (Wildman–Crippen MR) is 94.0 cm³/mol. The van der Waals surface area contributed by atoms with Crippen molar-refractivity contribution < 1.29 is 9.84 Å². The Morgan fingerprint density at radius 2 is 2.09 bits per heavy atom. The van der Waals surface area contributed by atoms with Crippen LogP contribution in [-0.2, 0) is 6.54 Å². The lowest BCUT2D eigenvalue weighted by molar-refractivity contribution is 0.108. The molecular weight excluding hydrogens is 290 g/mol. The summed E-state index contributed by atoms with van der Waals surface area (Å²) in [4.78, 5) is 6.99. The summed E-state index contributed by atoms with van der Waals surface area (Å²) in [6.07, 6.45) is 1.46. The normalized spacial score (nSPS) is 16.5. The van der Waals surface area contributed by atoms with Crippen molar-refractivity contribution in [2.24, 2.45) is 4.99 Å². The lowest BCUT2D eigenvalue weighted by atomic mass is 10.1. The summed E-state index contributed by atoms with van der Waals surface area (Å²) in [5.41, 5.74) is 2.32. The molecule has 128 valence electrons. The fourth-order valence-electron chi connectivity index (χ4n) is 2.80. The Morgan fingerprint density at radius 1 is 1.35 bits per heavy atom. The van der Waals surface area contributed by atoms with Gasteiger partial charge in [0.05, 0.1) is 19.3 Å². The molecule has 0 saturated carbocycles. The molecule has 2 N–H and O–H groups in total. The number of ether oxygens (including phenoxy) is 1. The summed E-state index contributed by atoms with van der Waals surface area (Å²) >= 11 is 0. The summed E-state index contributed by atoms with van der Waals surface area (Å²) in [6, 6.07) is 6.23. The summed E-state index contributed by atoms with van der Waals surface area (Å²) in [5.74, 6) is 1.88. The first-order valence-corrected chi connectivity index (χ1v) is 8.57. The standard InChI is InChI=1S/C18H29N3O2/c1-4-19-18(21-10-8-16(22)9-11-21)20-13-15-6-7-17(23-5-2)14(3)12-15/h6-7,12,16,22H,4-5,8-11,13H2,1-3H3,(H,19,20). The molecule has 1 aliphatic rings. The van der Waals surface area contributed by atoms with Gasteiger partial charge in [-0.2, -0.15) is 0 Å². The zero-order valence-electron chi connectivity index (χ0n) is 14.5. The number of hydrogen-bond acceptors (Lipinski definition) is 3. The van der Waals surface area contributed by atoms with Crippen LogP contribution in [0.2, 0.25) is 0 Å². The Kier molecular flexibility index (Phi) is 6.71. The Morgan fingerprint density at radius 3 is 2.70 bits per heavy atom. The third-order valence-corrected chi connectivity index (χ3v) is 4.05. The molecule has 0 bridgehead atoms. The maximum atomic E-state index is 9.65. The molecule has 1 aromatic rings. The quantitative estimate of drug-likeness (QED) is 0.646. The van der Waals surface area contributed by atoms with E-state index in [1.807, 2.05) is 13.0 Å². The zero-order chi connectivity index (χ0) is 16.7. The van der Waals surface area contributed by atoms with Crippen LogP contribution in [-0.4, -0.2) is 48.3 Å². The number of nitrogens with zero attached hydrogens (tertiary/aromatic N) is 2. The molecular formula is C18H29N3O2. The number of benzene rings is 1. The van der Waals surface area contributed by atoms with E-state index in [0.717, 1.165) is 49.7 Å². The Labute approximate surface area is 139 Å². The molecule has 0 amide bonds. The molecule has 0 radical (unpaired) electrons. The van der Waals surface area contributed by atoms with E-state index < -0.39 is 0 Å². The van der Waals surface area contributed by atoms with E-state index in [4.69, 9.17) is 9.73 Å². The largest absolute Gasteiger partial charge is 0.494 e. The van der Waals surface area contributed by atoms with Gasteiger partial charge in [0.15, 0.2) is 5.96 Å². The van der Waals surface area contributed by atoms with Gasteiger partial charge < -0.3 is 20.1 Å². The third-order valence-electron chi connectivity index (χ3n) is 4.05. The van der Waals surface area contributed by atoms with Crippen LogP contribution in [0.1, 0.15) is 37.8 Å². The summed E-state index contributed by atoms with van der Waals surface area (Å²) in [7, 11) is 0. The molecule has 2 rings (SSSR count). The number of aliphatic hydroxyl groups excluding tert-OH is 1. The Hall–Kier alpha value is -1.75. The van der Waals surface area contributed by atoms with Gasteiger partial charge >= 0.3 is 0 Å². The smallest absolute Gasteiger partial charge is 0.194 e. The van der Waals surface area contributed by atoms with Crippen molar-refractivity contribution in [3.8, 4) is 5.75 Å². The van der Waals surface area contributed by atoms with Crippen molar-refractivity contribution in [3.63, 3.8) is 0 Å². The fourth-order valence-corrected chi connectivity index (χ4v) is 2.80. The minimum atomic E-state index is -0.164. The maximum Gasteiger partial charge on any atom is 0.194 e. The SMILES string of the molecule is CCNC(=NCc1ccc(OCC)c(C)c1)N1CCC(O)CC1. The van der Waals surface area contributed by atoms with Crippen LogP contribution in [0.15, 0.2) is 23.2 Å². The molecule has 5 heteroatoms. The van der Waals surface area contributed by atoms with Gasteiger partial charge in [0.1, 0.15) is 5.75 Å². The van der Waals surface area contributed by atoms with Crippen molar-refractivity contribution in [1.82, 2.24) is 10.2 Å². The third kappa shape index (κ3) is 5.13. The number of aliphatic imine (C=N–C) groups is 1. The van der Waals surface area contributed by atoms with E-state index in [-0.39, 0.29) is 6.10 Å². The predicted octanol–water partition coefficient (Wildman–Crippen LogP) is 2.32. The first-order chi connectivity index (χ1) is 11.1. The van der Waals surface area contributed by atoms with Crippen LogP contribution in [0.25, 0.3) is 0 Å². The average molecular weight is 319 g/mol. The molecule has 5 nitrogen and oxygen atoms in total. The van der Waals surface area contributed by atoms with Crippen molar-refractivity contribution in [3.05, 3.63) is 29.3 Å². The van der Waals surface area contributed by atoms with Gasteiger partial charge in [-0.15, -0.1) is 0 Å². The van der Waals surface area contributed by atoms with Gasteiger partial charge in [0.2, 0.25) is 0 Å². The van der Waals surface area contributed by atoms with E-state index in [0.29, 0.717) is 13.2 Å². The molecule has 0 unspecified atom stereocenters. The van der Waals surface area contributed by atoms with Crippen LogP contribution >= 0.6 is 0 Å². The summed E-state index contributed by atoms with van der Waals surface area (Å²) in [6.45, 7) is 10.0. The zero-order valence-corrected chi connectivity index (χ0v) is 14.5. The van der Waals surface area contributed by atoms with Crippen LogP contribution in [0.3, 0.4) is 0 Å². The highest BCUT2D eigenvalue weighted by Crippen LogP contribution is 2.19. The Bertz CT molecular complexity index is 523. The van der Waals surface area contributed by atoms with Crippen LogP contribution in [0.4, 0.5) is 0 Å². The average Bonchev–Trinajstić information content (AvgIpc) is 2.55. The van der Waals surface area contributed by atoms with Gasteiger partial charge in [0.25, 0.3) is 0 Å². The van der Waals surface area contributed by atoms with Gasteiger partial charge in [-0.3, -0.25) is 0 Å². The monoisotopic (exact) mass is 319 g/mol. The number of aryl methyl sites for hydroxylation is 1. The maximum absolute atomic E-state index is 9.65. The lowest BCUT2D eigenvalue weighted by Crippen LogP contribution is -2.46. The molecule has 0 spiro atoms. The van der Waals surface area contributed by atoms with Gasteiger partial charge in [-0.05, 0) is 50.8 Å². The summed E-state index contributed by atoms with van der Waals surface area (Å²) in [5, 5.41) is 13.0. The minimum absolute atomic E-state index is 0.164. The second-order valence-electron chi connectivity index (χ2n) is 5.92. The lowest BCUT2D eigenvalue weighted by Gasteiger charge is -2.32. The number of piperidine rings is 1. The van der Waals surface area contributed by atoms with Crippen molar-refractivity contribution in [2.45, 2.75) is 46.3 Å². The molecule has 1 aliphatic heterocycles. The first-order valence-electron chi connectivity index (χ1n) is 8.57. The van der Waals surface area contributed by atoms with E-state index in [2.05, 4.69) is 36.2 Å². The van der Waals surface area contributed by atoms with Crippen LogP contribution in [0.5, 0.6) is 5.75 Å². The summed E-state index contributed by atoms with van der Waals surface area (Å²) < 4.78 is 5.58. The van der Waals surface area contributed by atoms with E-state index >= 15 is 0 Å². The minimum Gasteiger partial charge on any atom is -0.494 e. The number of rotatable bonds is 5. The number of guanidine groups is 1. The molecule has 0 aliphatic carbocycles. The van der Waals surface area contributed by atoms with Crippen molar-refractivity contribution in [1.29, 1.82) is 0 Å². The van der Waals surface area contributed by atoms with E-state index in [1.54, 1.807) is 0 Å². The topological polar surface area (TPSA) is 57.1 Å². The van der Waals surface area contributed by atoms with Gasteiger partial charge in [-0.25, -0.2) is 4.99 Å². The second kappa shape index (κ2) is 8.77. The highest BCUT2D eigenvalue weighted by Gasteiger charge is 2.19. The number of aliphatic hydroxyl groups is 1. The Balaban J connectivity index is 2.03. The molecule has 1 fully saturated rings. The van der Waals surface area contributed by atoms with Crippen LogP contribution in [0, 0.1) is 6.92 Å². The van der Waals surface area contributed by atoms with Gasteiger partial charge in [-0.1, -0.05) is 12.1 Å². The fraction of sp³-hybridized carbons (Fsp3) is 0.611. The molecule has 23 heavy (non-hydrogen) atoms. The highest BCUT2D eigenvalue weighted by molar-refractivity contribution is 5.80. The number of hydrogen-bond donors (Lipinski definition) is 2.